The van der Waals surface area contributed by atoms with Crippen molar-refractivity contribution in [2.75, 3.05) is 77.3 Å². The molecule has 0 aliphatic rings. The molecule has 0 aliphatic heterocycles. The van der Waals surface area contributed by atoms with Crippen molar-refractivity contribution in [3.05, 3.63) is 0 Å². The summed E-state index contributed by atoms with van der Waals surface area (Å²) in [7, 11) is -9.17. The molecule has 200 valence electrons. The van der Waals surface area contributed by atoms with Crippen LogP contribution in [0.15, 0.2) is 0 Å². The Morgan fingerprint density at radius 3 is 1.73 bits per heavy atom. The van der Waals surface area contributed by atoms with E-state index in [2.05, 4.69) is 13.1 Å². The summed E-state index contributed by atoms with van der Waals surface area (Å²) in [5.41, 5.74) is 0. The molecule has 0 aromatic carbocycles. The molecule has 0 aliphatic carbocycles. The summed E-state index contributed by atoms with van der Waals surface area (Å²) < 4.78 is 81.8. The summed E-state index contributed by atoms with van der Waals surface area (Å²) in [4.78, 5) is 0. The van der Waals surface area contributed by atoms with Gasteiger partial charge in [0.05, 0.1) is 68.5 Å². The Hall–Kier alpha value is -0.123. The first-order chi connectivity index (χ1) is 15.4. The molecule has 0 bridgehead atoms. The number of rotatable bonds is 23. The highest BCUT2D eigenvalue weighted by molar-refractivity contribution is 7.85. The largest absolute Gasteiger partial charge is 0.748 e. The van der Waals surface area contributed by atoms with Gasteiger partial charge < -0.3 is 23.2 Å². The van der Waals surface area contributed by atoms with Gasteiger partial charge in [-0.3, -0.25) is 4.55 Å². The zero-order valence-corrected chi connectivity index (χ0v) is 23.4. The van der Waals surface area contributed by atoms with Crippen LogP contribution in [0.1, 0.15) is 32.6 Å². The zero-order valence-electron chi connectivity index (χ0n) is 20.6. The highest BCUT2D eigenvalue weighted by Gasteiger charge is 2.27. The van der Waals surface area contributed by atoms with Gasteiger partial charge >= 0.3 is 0 Å². The van der Waals surface area contributed by atoms with Crippen LogP contribution < -0.4 is 0 Å². The first kappa shape index (κ1) is 32.9. The smallest absolute Gasteiger partial charge is 0.265 e. The van der Waals surface area contributed by atoms with Gasteiger partial charge in [-0.1, -0.05) is 26.1 Å². The summed E-state index contributed by atoms with van der Waals surface area (Å²) in [6.07, 6.45) is 2.37. The molecule has 13 heteroatoms. The number of quaternary nitrogens is 1. The molecule has 0 radical (unpaired) electrons. The van der Waals surface area contributed by atoms with Crippen LogP contribution in [0, 0.1) is 0 Å². The van der Waals surface area contributed by atoms with Crippen LogP contribution in [-0.4, -0.2) is 117 Å². The minimum absolute atomic E-state index is 0.206. The van der Waals surface area contributed by atoms with Crippen molar-refractivity contribution in [1.82, 2.24) is 0 Å². The molecular formula is C20H45NO9S2Si. The first-order valence-electron chi connectivity index (χ1n) is 11.9. The highest BCUT2D eigenvalue weighted by atomic mass is 32.2. The van der Waals surface area contributed by atoms with Crippen LogP contribution in [0.25, 0.3) is 0 Å². The van der Waals surface area contributed by atoms with E-state index in [9.17, 15) is 21.4 Å². The molecule has 0 rings (SSSR count). The molecule has 0 amide bonds. The lowest BCUT2D eigenvalue weighted by molar-refractivity contribution is -0.928. The van der Waals surface area contributed by atoms with E-state index in [1.807, 2.05) is 6.92 Å². The van der Waals surface area contributed by atoms with Crippen LogP contribution in [0.3, 0.4) is 0 Å². The molecule has 10 nitrogen and oxygen atoms in total. The maximum Gasteiger partial charge on any atom is 0.265 e. The maximum absolute atomic E-state index is 11.2. The van der Waals surface area contributed by atoms with Crippen molar-refractivity contribution in [2.24, 2.45) is 0 Å². The second-order valence-electron chi connectivity index (χ2n) is 8.86. The maximum atomic E-state index is 11.2. The molecule has 1 atom stereocenters. The Balaban J connectivity index is 4.83. The molecule has 1 N–H and O–H groups in total. The Bertz CT molecular complexity index is 650. The topological polar surface area (TPSA) is 139 Å². The van der Waals surface area contributed by atoms with E-state index in [1.165, 1.54) is 0 Å². The number of hydrogen-bond acceptors (Lipinski definition) is 8. The van der Waals surface area contributed by atoms with Gasteiger partial charge in [0.15, 0.2) is 0 Å². The zero-order chi connectivity index (χ0) is 25.2. The van der Waals surface area contributed by atoms with Crippen molar-refractivity contribution >= 4 is 29.0 Å². The standard InChI is InChI=1S/C20H45NO9S2Si/c1-4-12-28-14-16-30-17-15-29-13-11-21(10-7-20-33(2)3,8-5-18-31(22,23)24)9-6-19-32(25,26)27/h33H,4-20H2,1-3H3,(H-,22,23,24,25,26,27). The molecule has 0 saturated carbocycles. The van der Waals surface area contributed by atoms with Crippen molar-refractivity contribution < 1.29 is 44.6 Å². The van der Waals surface area contributed by atoms with Gasteiger partial charge in [-0.05, 0) is 12.8 Å². The Kier molecular flexibility index (Phi) is 18.1. The lowest BCUT2D eigenvalue weighted by atomic mass is 10.2. The van der Waals surface area contributed by atoms with E-state index in [0.717, 1.165) is 25.4 Å². The highest BCUT2D eigenvalue weighted by Crippen LogP contribution is 2.15. The SMILES string of the molecule is CCCOCCOCCOCC[N+](CCC[SiH](C)C)(CCCS(=O)(=O)[O-])CCCS(=O)(=O)O. The number of hydrogen-bond donors (Lipinski definition) is 1. The van der Waals surface area contributed by atoms with E-state index < -0.39 is 34.8 Å². The summed E-state index contributed by atoms with van der Waals surface area (Å²) in [6, 6.07) is 1.12. The molecule has 0 aromatic heterocycles. The number of ether oxygens (including phenoxy) is 3. The van der Waals surface area contributed by atoms with E-state index in [1.54, 1.807) is 0 Å². The van der Waals surface area contributed by atoms with Gasteiger partial charge in [-0.2, -0.15) is 8.42 Å². The van der Waals surface area contributed by atoms with Gasteiger partial charge in [0.2, 0.25) is 0 Å². The predicted molar refractivity (Wildman–Crippen MR) is 131 cm³/mol. The van der Waals surface area contributed by atoms with Crippen LogP contribution >= 0.6 is 0 Å². The minimum Gasteiger partial charge on any atom is -0.748 e. The summed E-state index contributed by atoms with van der Waals surface area (Å²) in [6.45, 7) is 11.8. The van der Waals surface area contributed by atoms with Gasteiger partial charge in [0, 0.05) is 34.0 Å². The first-order valence-corrected chi connectivity index (χ1v) is 18.2. The lowest BCUT2D eigenvalue weighted by Crippen LogP contribution is -2.53. The fraction of sp³-hybridized carbons (Fsp3) is 1.00. The Morgan fingerprint density at radius 2 is 1.24 bits per heavy atom. The monoisotopic (exact) mass is 535 g/mol. The third-order valence-electron chi connectivity index (χ3n) is 5.28. The van der Waals surface area contributed by atoms with Gasteiger partial charge in [0.25, 0.3) is 10.1 Å². The fourth-order valence-corrected chi connectivity index (χ4v) is 5.58. The van der Waals surface area contributed by atoms with Crippen molar-refractivity contribution in [3.63, 3.8) is 0 Å². The Labute approximate surface area is 202 Å². The second kappa shape index (κ2) is 18.2. The van der Waals surface area contributed by atoms with Crippen LogP contribution in [0.2, 0.25) is 19.1 Å². The summed E-state index contributed by atoms with van der Waals surface area (Å²) in [5, 5.41) is 0. The third-order valence-corrected chi connectivity index (χ3v) is 8.43. The van der Waals surface area contributed by atoms with E-state index in [-0.39, 0.29) is 18.6 Å². The van der Waals surface area contributed by atoms with Crippen LogP contribution in [-0.2, 0) is 34.4 Å². The third kappa shape index (κ3) is 22.1. The minimum atomic E-state index is -4.32. The van der Waals surface area contributed by atoms with Gasteiger partial charge in [-0.15, -0.1) is 0 Å². The second-order valence-corrected chi connectivity index (χ2v) is 15.3. The molecule has 0 fully saturated rings. The van der Waals surface area contributed by atoms with Crippen LogP contribution in [0.5, 0.6) is 0 Å². The fourth-order valence-electron chi connectivity index (χ4n) is 3.61. The molecule has 33 heavy (non-hydrogen) atoms. The van der Waals surface area contributed by atoms with Crippen molar-refractivity contribution in [2.45, 2.75) is 51.7 Å². The van der Waals surface area contributed by atoms with E-state index >= 15 is 0 Å². The van der Waals surface area contributed by atoms with E-state index in [0.29, 0.717) is 63.8 Å². The van der Waals surface area contributed by atoms with Crippen LogP contribution in [0.4, 0.5) is 0 Å². The lowest BCUT2D eigenvalue weighted by Gasteiger charge is -2.39. The summed E-state index contributed by atoms with van der Waals surface area (Å²) in [5.74, 6) is -0.792. The average Bonchev–Trinajstić information content (AvgIpc) is 2.67. The number of nitrogens with zero attached hydrogens (tertiary/aromatic N) is 1. The quantitative estimate of drug-likeness (QED) is 0.0888. The molecule has 1 unspecified atom stereocenters. The van der Waals surface area contributed by atoms with Crippen molar-refractivity contribution in [1.29, 1.82) is 0 Å². The van der Waals surface area contributed by atoms with Gasteiger partial charge in [-0.25, -0.2) is 8.42 Å². The Morgan fingerprint density at radius 1 is 0.758 bits per heavy atom. The normalized spacial score (nSPS) is 14.6. The predicted octanol–water partition coefficient (Wildman–Crippen LogP) is 1.35. The van der Waals surface area contributed by atoms with Gasteiger partial charge in [0.1, 0.15) is 6.54 Å². The van der Waals surface area contributed by atoms with Crippen molar-refractivity contribution in [3.8, 4) is 0 Å². The average molecular weight is 536 g/mol. The molecule has 0 spiro atoms. The van der Waals surface area contributed by atoms with E-state index in [4.69, 9.17) is 18.8 Å². The molecular weight excluding hydrogens is 490 g/mol. The molecule has 0 heterocycles. The summed E-state index contributed by atoms with van der Waals surface area (Å²) >= 11 is 0. The molecule has 0 saturated heterocycles. The molecule has 0 aromatic rings.